The Morgan fingerprint density at radius 2 is 1.93 bits per heavy atom. The molecule has 1 rings (SSSR count). The minimum atomic E-state index is -0.968. The van der Waals surface area contributed by atoms with Crippen molar-refractivity contribution in [3.05, 3.63) is 26.7 Å². The molecule has 0 bridgehead atoms. The van der Waals surface area contributed by atoms with Gasteiger partial charge in [-0.05, 0) is 19.1 Å². The first-order valence-corrected chi connectivity index (χ1v) is 5.60. The highest BCUT2D eigenvalue weighted by molar-refractivity contribution is 9.10. The molecule has 6 heteroatoms. The Bertz CT molecular complexity index is 375. The smallest absolute Gasteiger partial charge is 0.325 e. The molecule has 0 amide bonds. The largest absolute Gasteiger partial charge is 0.480 e. The van der Waals surface area contributed by atoms with Crippen molar-refractivity contribution in [3.63, 3.8) is 0 Å². The molecule has 0 aromatic heterocycles. The van der Waals surface area contributed by atoms with Crippen molar-refractivity contribution in [1.82, 2.24) is 0 Å². The summed E-state index contributed by atoms with van der Waals surface area (Å²) < 4.78 is 0.742. The fraction of sp³-hybridized carbons (Fsp3) is 0.222. The number of benzene rings is 1. The highest BCUT2D eigenvalue weighted by atomic mass is 79.9. The summed E-state index contributed by atoms with van der Waals surface area (Å²) in [5, 5.41) is 12.2. The molecule has 0 spiro atoms. The van der Waals surface area contributed by atoms with Crippen molar-refractivity contribution in [1.29, 1.82) is 0 Å². The minimum absolute atomic E-state index is 0.377. The van der Waals surface area contributed by atoms with Gasteiger partial charge in [-0.1, -0.05) is 39.1 Å². The van der Waals surface area contributed by atoms with Crippen molar-refractivity contribution < 1.29 is 9.90 Å². The number of carbonyl (C=O) groups is 1. The van der Waals surface area contributed by atoms with Gasteiger partial charge in [0.2, 0.25) is 0 Å². The molecule has 1 aromatic rings. The Morgan fingerprint density at radius 3 is 2.33 bits per heavy atom. The van der Waals surface area contributed by atoms with E-state index in [9.17, 15) is 4.79 Å². The number of anilines is 1. The minimum Gasteiger partial charge on any atom is -0.480 e. The van der Waals surface area contributed by atoms with E-state index in [1.165, 1.54) is 6.92 Å². The van der Waals surface area contributed by atoms with Crippen LogP contribution in [0, 0.1) is 0 Å². The Hall–Kier alpha value is -0.450. The highest BCUT2D eigenvalue weighted by Crippen LogP contribution is 2.34. The van der Waals surface area contributed by atoms with Gasteiger partial charge in [-0.15, -0.1) is 0 Å². The van der Waals surface area contributed by atoms with Gasteiger partial charge in [0.1, 0.15) is 6.04 Å². The molecule has 1 atom stereocenters. The zero-order chi connectivity index (χ0) is 11.6. The van der Waals surface area contributed by atoms with Crippen LogP contribution in [0.2, 0.25) is 10.0 Å². The summed E-state index contributed by atoms with van der Waals surface area (Å²) in [6.45, 7) is 1.51. The SMILES string of the molecule is CC(Nc1c(Cl)cc(Br)cc1Cl)C(=O)O. The molecule has 0 fully saturated rings. The lowest BCUT2D eigenvalue weighted by Crippen LogP contribution is -2.25. The molecule has 15 heavy (non-hydrogen) atoms. The lowest BCUT2D eigenvalue weighted by molar-refractivity contribution is -0.137. The zero-order valence-corrected chi connectivity index (χ0v) is 10.8. The first kappa shape index (κ1) is 12.6. The zero-order valence-electron chi connectivity index (χ0n) is 7.72. The molecule has 1 unspecified atom stereocenters. The molecule has 1 aromatic carbocycles. The van der Waals surface area contributed by atoms with Crippen LogP contribution in [0.3, 0.4) is 0 Å². The molecule has 0 radical (unpaired) electrons. The van der Waals surface area contributed by atoms with Crippen LogP contribution in [0.25, 0.3) is 0 Å². The summed E-state index contributed by atoms with van der Waals surface area (Å²) in [4.78, 5) is 10.6. The molecule has 3 nitrogen and oxygen atoms in total. The third kappa shape index (κ3) is 3.26. The number of nitrogens with one attached hydrogen (secondary N) is 1. The van der Waals surface area contributed by atoms with Crippen molar-refractivity contribution in [2.24, 2.45) is 0 Å². The lowest BCUT2D eigenvalue weighted by atomic mass is 10.2. The Labute approximate surface area is 106 Å². The van der Waals surface area contributed by atoms with Gasteiger partial charge < -0.3 is 10.4 Å². The van der Waals surface area contributed by atoms with Crippen molar-refractivity contribution in [3.8, 4) is 0 Å². The molecule has 0 aliphatic rings. The summed E-state index contributed by atoms with van der Waals surface area (Å²) in [5.41, 5.74) is 0.427. The van der Waals surface area contributed by atoms with Crippen LogP contribution in [-0.2, 0) is 4.79 Å². The van der Waals surface area contributed by atoms with Gasteiger partial charge in [-0.25, -0.2) is 0 Å². The Morgan fingerprint density at radius 1 is 1.47 bits per heavy atom. The van der Waals surface area contributed by atoms with Crippen LogP contribution < -0.4 is 5.32 Å². The van der Waals surface area contributed by atoms with Gasteiger partial charge in [0.15, 0.2) is 0 Å². The van der Waals surface area contributed by atoms with Gasteiger partial charge in [-0.3, -0.25) is 4.79 Å². The first-order chi connectivity index (χ1) is 6.91. The fourth-order valence-corrected chi connectivity index (χ4v) is 2.28. The van der Waals surface area contributed by atoms with E-state index in [1.807, 2.05) is 0 Å². The number of hydrogen-bond acceptors (Lipinski definition) is 2. The van der Waals surface area contributed by atoms with E-state index in [-0.39, 0.29) is 0 Å². The van der Waals surface area contributed by atoms with Crippen LogP contribution in [0.15, 0.2) is 16.6 Å². The molecule has 0 aliphatic heterocycles. The summed E-state index contributed by atoms with van der Waals surface area (Å²) in [5.74, 6) is -0.968. The summed E-state index contributed by atoms with van der Waals surface area (Å²) in [7, 11) is 0. The maximum atomic E-state index is 10.6. The van der Waals surface area contributed by atoms with E-state index in [2.05, 4.69) is 21.2 Å². The number of aliphatic carboxylic acids is 1. The topological polar surface area (TPSA) is 49.3 Å². The Kier molecular flexibility index (Phi) is 4.25. The number of rotatable bonds is 3. The van der Waals surface area contributed by atoms with Crippen LogP contribution >= 0.6 is 39.1 Å². The maximum absolute atomic E-state index is 10.6. The van der Waals surface area contributed by atoms with Crippen LogP contribution in [0.1, 0.15) is 6.92 Å². The second-order valence-electron chi connectivity index (χ2n) is 2.95. The van der Waals surface area contributed by atoms with Gasteiger partial charge in [0, 0.05) is 4.47 Å². The summed E-state index contributed by atoms with van der Waals surface area (Å²) in [6.07, 6.45) is 0. The second kappa shape index (κ2) is 5.05. The van der Waals surface area contributed by atoms with E-state index in [0.717, 1.165) is 4.47 Å². The van der Waals surface area contributed by atoms with E-state index in [4.69, 9.17) is 28.3 Å². The number of carboxylic acids is 1. The normalized spacial score (nSPS) is 12.3. The predicted molar refractivity (Wildman–Crippen MR) is 64.9 cm³/mol. The van der Waals surface area contributed by atoms with Crippen LogP contribution in [0.5, 0.6) is 0 Å². The monoisotopic (exact) mass is 311 g/mol. The quantitative estimate of drug-likeness (QED) is 0.896. The second-order valence-corrected chi connectivity index (χ2v) is 4.68. The molecule has 0 saturated heterocycles. The molecule has 0 aliphatic carbocycles. The maximum Gasteiger partial charge on any atom is 0.325 e. The fourth-order valence-electron chi connectivity index (χ4n) is 0.958. The van der Waals surface area contributed by atoms with E-state index in [1.54, 1.807) is 12.1 Å². The third-order valence-electron chi connectivity index (χ3n) is 1.74. The van der Waals surface area contributed by atoms with Gasteiger partial charge >= 0.3 is 5.97 Å². The van der Waals surface area contributed by atoms with Gasteiger partial charge in [0.05, 0.1) is 15.7 Å². The molecular weight excluding hydrogens is 305 g/mol. The third-order valence-corrected chi connectivity index (χ3v) is 2.79. The first-order valence-electron chi connectivity index (χ1n) is 4.05. The van der Waals surface area contributed by atoms with Crippen molar-refractivity contribution >= 4 is 50.8 Å². The number of hydrogen-bond donors (Lipinski definition) is 2. The summed E-state index contributed by atoms with van der Waals surface area (Å²) in [6, 6.07) is 2.54. The number of carboxylic acid groups (broad SMARTS) is 1. The molecular formula is C9H8BrCl2NO2. The molecule has 0 heterocycles. The van der Waals surface area contributed by atoms with Crippen molar-refractivity contribution in [2.45, 2.75) is 13.0 Å². The number of halogens is 3. The Balaban J connectivity index is 3.00. The lowest BCUT2D eigenvalue weighted by Gasteiger charge is -2.14. The highest BCUT2D eigenvalue weighted by Gasteiger charge is 2.14. The van der Waals surface area contributed by atoms with E-state index in [0.29, 0.717) is 15.7 Å². The van der Waals surface area contributed by atoms with E-state index < -0.39 is 12.0 Å². The molecule has 2 N–H and O–H groups in total. The molecule has 0 saturated carbocycles. The predicted octanol–water partition coefficient (Wildman–Crippen LogP) is 3.64. The molecule has 82 valence electrons. The van der Waals surface area contributed by atoms with Crippen LogP contribution in [-0.4, -0.2) is 17.1 Å². The van der Waals surface area contributed by atoms with Gasteiger partial charge in [0.25, 0.3) is 0 Å². The van der Waals surface area contributed by atoms with Crippen LogP contribution in [0.4, 0.5) is 5.69 Å². The average molecular weight is 313 g/mol. The summed E-state index contributed by atoms with van der Waals surface area (Å²) >= 11 is 15.1. The van der Waals surface area contributed by atoms with Gasteiger partial charge in [-0.2, -0.15) is 0 Å². The van der Waals surface area contributed by atoms with Crippen molar-refractivity contribution in [2.75, 3.05) is 5.32 Å². The van der Waals surface area contributed by atoms with E-state index >= 15 is 0 Å². The standard InChI is InChI=1S/C9H8BrCl2NO2/c1-4(9(14)15)13-8-6(11)2-5(10)3-7(8)12/h2-4,13H,1H3,(H,14,15). The average Bonchev–Trinajstić information content (AvgIpc) is 2.10.